The standard InChI is InChI=1S/C72H89N8O17P/c1-7-13-15-27-59(61(9-3)79(47-81)94-71(87)49-23-21-25-53(37-49)77-33-17-18-34-77)67(83)73-45-75-69(85)65-31-29-63(92-65)51-39-55(90-11-5)43-57(41-51)96-98(89)97-58-42-52(40-56(44-58)91-12-6)64-30-32-66(93-64)70(86)76-46-74-68(84)60(28-16-14-8-2)62(10-4)80(48-82)95-72(88)50-24-22-26-54(38-50)78-35-19-20-36-78/h21-26,29-32,37-44,47-48,59-62H,7-20,27-28,33-36,45-46H2,1-6H3,(H3-,73,74,75,76,83,84,85,86)/p+1/t59-,60-,61-,62-/m1/s1. The summed E-state index contributed by atoms with van der Waals surface area (Å²) in [6.07, 6.45) is 11.1. The molecule has 0 bridgehead atoms. The second-order valence-corrected chi connectivity index (χ2v) is 24.6. The zero-order valence-corrected chi connectivity index (χ0v) is 57.5. The van der Waals surface area contributed by atoms with Gasteiger partial charge in [-0.25, -0.2) is 18.6 Å². The van der Waals surface area contributed by atoms with Crippen molar-refractivity contribution in [3.8, 4) is 45.6 Å². The minimum atomic E-state index is -2.95. The molecule has 6 amide bonds. The number of carbonyl (C=O) groups is 8. The van der Waals surface area contributed by atoms with Crippen LogP contribution in [0, 0.1) is 11.8 Å². The van der Waals surface area contributed by atoms with E-state index in [1.54, 1.807) is 88.4 Å². The highest BCUT2D eigenvalue weighted by molar-refractivity contribution is 7.34. The Hall–Kier alpha value is -9.90. The van der Waals surface area contributed by atoms with Crippen LogP contribution in [0.15, 0.2) is 118 Å². The monoisotopic (exact) mass is 1370 g/mol. The number of ether oxygens (including phenoxy) is 2. The third-order valence-corrected chi connectivity index (χ3v) is 17.7. The lowest BCUT2D eigenvalue weighted by Gasteiger charge is -2.32. The molecule has 2 saturated heterocycles. The number of unbranched alkanes of at least 4 members (excludes halogenated alkanes) is 4. The van der Waals surface area contributed by atoms with Gasteiger partial charge in [-0.05, 0) is 150 Å². The van der Waals surface area contributed by atoms with Gasteiger partial charge in [-0.3, -0.25) is 28.8 Å². The van der Waals surface area contributed by atoms with Gasteiger partial charge >= 0.3 is 20.2 Å². The third kappa shape index (κ3) is 20.6. The molecule has 0 aliphatic carbocycles. The summed E-state index contributed by atoms with van der Waals surface area (Å²) >= 11 is 0. The molecule has 524 valence electrons. The molecule has 0 radical (unpaired) electrons. The zero-order valence-electron chi connectivity index (χ0n) is 56.6. The Kier molecular flexibility index (Phi) is 28.3. The first-order valence-corrected chi connectivity index (χ1v) is 35.0. The predicted octanol–water partition coefficient (Wildman–Crippen LogP) is 12.3. The summed E-state index contributed by atoms with van der Waals surface area (Å²) in [6, 6.07) is 27.8. The predicted molar refractivity (Wildman–Crippen MR) is 366 cm³/mol. The molecule has 6 aromatic rings. The Morgan fingerprint density at radius 1 is 0.510 bits per heavy atom. The number of rotatable bonds is 40. The number of nitrogens with one attached hydrogen (secondary N) is 4. The molecule has 2 aliphatic heterocycles. The molecule has 2 fully saturated rings. The van der Waals surface area contributed by atoms with Crippen LogP contribution in [0.5, 0.6) is 23.0 Å². The number of nitrogens with zero attached hydrogens (tertiary/aromatic N) is 4. The van der Waals surface area contributed by atoms with Gasteiger partial charge in [0, 0.05) is 65.4 Å². The van der Waals surface area contributed by atoms with Crippen LogP contribution < -0.4 is 49.6 Å². The number of hydrogen-bond acceptors (Lipinski definition) is 19. The molecule has 25 nitrogen and oxygen atoms in total. The van der Waals surface area contributed by atoms with Crippen molar-refractivity contribution in [2.24, 2.45) is 11.8 Å². The maximum absolute atomic E-state index is 13.9. The van der Waals surface area contributed by atoms with Crippen LogP contribution in [0.25, 0.3) is 22.6 Å². The summed E-state index contributed by atoms with van der Waals surface area (Å²) in [6.45, 7) is 14.6. The summed E-state index contributed by atoms with van der Waals surface area (Å²) in [5.41, 5.74) is 3.09. The van der Waals surface area contributed by atoms with E-state index in [0.29, 0.717) is 61.1 Å². The average molecular weight is 1370 g/mol. The van der Waals surface area contributed by atoms with Crippen LogP contribution in [0.3, 0.4) is 0 Å². The molecule has 4 heterocycles. The van der Waals surface area contributed by atoms with Crippen LogP contribution in [0.1, 0.15) is 173 Å². The minimum Gasteiger partial charge on any atom is -0.494 e. The van der Waals surface area contributed by atoms with Gasteiger partial charge in [-0.2, -0.15) is 10.1 Å². The van der Waals surface area contributed by atoms with Crippen molar-refractivity contribution in [2.45, 2.75) is 144 Å². The number of furan rings is 2. The SMILES string of the molecule is CCCCC[C@@H](C(=O)NCNC(=O)c1ccc(-c2cc(OCC)cc(O[P+](=O)Oc3cc(OCC)cc(-c4ccc(C(=O)NCNC(=O)[C@H](CCCCC)[C@@H](CC)N(C=O)OC(=O)c5cccc(N6CCCC6)c5)o4)c3)c2)o1)[C@@H](CC)N(C=O)OC(=O)c1cccc(N2CCCC2)c1. The number of hydroxylamine groups is 4. The van der Waals surface area contributed by atoms with Crippen molar-refractivity contribution in [2.75, 3.05) is 62.5 Å². The number of carbonyl (C=O) groups excluding carboxylic acids is 8. The summed E-state index contributed by atoms with van der Waals surface area (Å²) < 4.78 is 49.0. The molecule has 0 unspecified atom stereocenters. The average Bonchev–Trinajstić information content (AvgIpc) is 1.46. The van der Waals surface area contributed by atoms with Gasteiger partial charge in [0.05, 0.1) is 61.6 Å². The van der Waals surface area contributed by atoms with E-state index in [2.05, 4.69) is 31.1 Å². The van der Waals surface area contributed by atoms with E-state index in [1.165, 1.54) is 36.4 Å². The molecular formula is C72H90N8O17P+. The van der Waals surface area contributed by atoms with E-state index in [0.717, 1.165) is 99.0 Å². The highest BCUT2D eigenvalue weighted by atomic mass is 31.1. The topological polar surface area (TPSA) is 296 Å². The van der Waals surface area contributed by atoms with Crippen LogP contribution >= 0.6 is 8.25 Å². The van der Waals surface area contributed by atoms with Gasteiger partial charge in [0.1, 0.15) is 23.0 Å². The lowest BCUT2D eigenvalue weighted by Crippen LogP contribution is -2.49. The summed E-state index contributed by atoms with van der Waals surface area (Å²) in [7, 11) is -2.95. The Bertz CT molecular complexity index is 3440. The second kappa shape index (κ2) is 37.6. The maximum Gasteiger partial charge on any atom is 0.805 e. The van der Waals surface area contributed by atoms with Crippen LogP contribution in [-0.4, -0.2) is 123 Å². The van der Waals surface area contributed by atoms with Crippen molar-refractivity contribution < 1.29 is 80.0 Å². The Labute approximate surface area is 572 Å². The van der Waals surface area contributed by atoms with Gasteiger partial charge in [-0.15, -0.1) is 0 Å². The van der Waals surface area contributed by atoms with Crippen LogP contribution in [0.4, 0.5) is 11.4 Å². The van der Waals surface area contributed by atoms with Gasteiger partial charge in [0.2, 0.25) is 24.6 Å². The fraction of sp³-hybridized carbons (Fsp3) is 0.444. The highest BCUT2D eigenvalue weighted by Crippen LogP contribution is 2.40. The number of hydrogen-bond donors (Lipinski definition) is 4. The van der Waals surface area contributed by atoms with E-state index >= 15 is 0 Å². The minimum absolute atomic E-state index is 0.0559. The molecule has 2 aromatic heterocycles. The van der Waals surface area contributed by atoms with Crippen LogP contribution in [-0.2, 0) is 33.4 Å². The third-order valence-electron chi connectivity index (χ3n) is 17.0. The highest BCUT2D eigenvalue weighted by Gasteiger charge is 2.36. The Morgan fingerprint density at radius 2 is 0.908 bits per heavy atom. The van der Waals surface area contributed by atoms with Crippen molar-refractivity contribution in [1.82, 2.24) is 31.4 Å². The van der Waals surface area contributed by atoms with Gasteiger partial charge in [0.25, 0.3) is 11.8 Å². The molecule has 98 heavy (non-hydrogen) atoms. The van der Waals surface area contributed by atoms with Gasteiger partial charge in [-0.1, -0.05) is 78.4 Å². The molecule has 0 spiro atoms. The van der Waals surface area contributed by atoms with Crippen molar-refractivity contribution in [3.63, 3.8) is 0 Å². The van der Waals surface area contributed by atoms with E-state index < -0.39 is 67.7 Å². The first-order chi connectivity index (χ1) is 47.6. The van der Waals surface area contributed by atoms with Gasteiger partial charge < -0.3 is 59.1 Å². The molecule has 4 N–H and O–H groups in total. The molecule has 4 aromatic carbocycles. The first-order valence-electron chi connectivity index (χ1n) is 33.9. The molecule has 0 saturated carbocycles. The summed E-state index contributed by atoms with van der Waals surface area (Å²) in [5, 5.41) is 12.7. The lowest BCUT2D eigenvalue weighted by atomic mass is 9.90. The maximum atomic E-state index is 13.9. The molecule has 2 aliphatic rings. The Balaban J connectivity index is 0.862. The molecule has 8 rings (SSSR count). The summed E-state index contributed by atoms with van der Waals surface area (Å²) in [5.74, 6) is -4.30. The van der Waals surface area contributed by atoms with Crippen molar-refractivity contribution in [1.29, 1.82) is 0 Å². The van der Waals surface area contributed by atoms with E-state index in [1.807, 2.05) is 26.0 Å². The van der Waals surface area contributed by atoms with E-state index in [9.17, 15) is 42.9 Å². The quantitative estimate of drug-likeness (QED) is 0.00913. The fourth-order valence-electron chi connectivity index (χ4n) is 12.1. The first kappa shape index (κ1) is 73.9. The lowest BCUT2D eigenvalue weighted by molar-refractivity contribution is -0.171. The largest absolute Gasteiger partial charge is 0.805 e. The van der Waals surface area contributed by atoms with Crippen molar-refractivity contribution in [3.05, 3.63) is 132 Å². The second-order valence-electron chi connectivity index (χ2n) is 23.8. The summed E-state index contributed by atoms with van der Waals surface area (Å²) in [4.78, 5) is 123. The fourth-order valence-corrected chi connectivity index (χ4v) is 12.7. The molecular weight excluding hydrogens is 1280 g/mol. The van der Waals surface area contributed by atoms with E-state index in [4.69, 9.17) is 37.0 Å². The molecule has 26 heteroatoms. The van der Waals surface area contributed by atoms with Gasteiger partial charge in [0.15, 0.2) is 23.0 Å². The normalized spacial score (nSPS) is 13.8. The number of amides is 6. The van der Waals surface area contributed by atoms with Crippen LogP contribution in [0.2, 0.25) is 0 Å². The van der Waals surface area contributed by atoms with E-state index in [-0.39, 0.29) is 85.1 Å². The smallest absolute Gasteiger partial charge is 0.494 e. The zero-order chi connectivity index (χ0) is 69.9. The van der Waals surface area contributed by atoms with Crippen molar-refractivity contribution >= 4 is 68.0 Å². The number of benzene rings is 4. The number of anilines is 2. The molecule has 4 atom stereocenters. The Morgan fingerprint density at radius 3 is 1.28 bits per heavy atom.